The lowest BCUT2D eigenvalue weighted by Crippen LogP contribution is -2.30. The smallest absolute Gasteiger partial charge is 0.311 e. The van der Waals surface area contributed by atoms with Crippen LogP contribution in [-0.2, 0) is 20.7 Å². The molecule has 0 aliphatic carbocycles. The number of esters is 1. The first-order chi connectivity index (χ1) is 13.8. The molecule has 1 amide bonds. The minimum absolute atomic E-state index is 0.00689. The van der Waals surface area contributed by atoms with Gasteiger partial charge < -0.3 is 14.5 Å². The van der Waals surface area contributed by atoms with Crippen molar-refractivity contribution >= 4 is 34.3 Å². The Morgan fingerprint density at radius 2 is 1.90 bits per heavy atom. The van der Waals surface area contributed by atoms with Crippen molar-refractivity contribution in [2.24, 2.45) is 0 Å². The van der Waals surface area contributed by atoms with Gasteiger partial charge in [0.05, 0.1) is 12.7 Å². The van der Waals surface area contributed by atoms with Gasteiger partial charge in [-0.25, -0.2) is 0 Å². The average Bonchev–Trinajstić information content (AvgIpc) is 3.08. The molecule has 1 aromatic heterocycles. The minimum atomic E-state index is -0.981. The number of ketones is 1. The minimum Gasteiger partial charge on any atom is -0.464 e. The van der Waals surface area contributed by atoms with E-state index in [1.54, 1.807) is 30.5 Å². The zero-order valence-corrected chi connectivity index (χ0v) is 16.9. The lowest BCUT2D eigenvalue weighted by molar-refractivity contribution is -0.152. The number of Topliss-reactive ketones (excluding diaryl/α,β-unsaturated/α-hetero) is 1. The Morgan fingerprint density at radius 3 is 2.62 bits per heavy atom. The third-order valence-electron chi connectivity index (χ3n) is 4.89. The van der Waals surface area contributed by atoms with Crippen LogP contribution in [0.15, 0.2) is 47.1 Å². The molecule has 1 atom stereocenters. The number of fused-ring (bicyclic) bond motifs is 1. The largest absolute Gasteiger partial charge is 0.464 e. The van der Waals surface area contributed by atoms with E-state index in [1.807, 2.05) is 26.0 Å². The molecule has 150 valence electrons. The molecule has 0 bridgehead atoms. The number of anilines is 1. The Labute approximate surface area is 168 Å². The van der Waals surface area contributed by atoms with Crippen molar-refractivity contribution < 1.29 is 23.5 Å². The first-order valence-electron chi connectivity index (χ1n) is 9.34. The van der Waals surface area contributed by atoms with Crippen LogP contribution in [0.4, 0.5) is 5.69 Å². The normalized spacial score (nSPS) is 11.9. The zero-order chi connectivity index (χ0) is 21.1. The van der Waals surface area contributed by atoms with E-state index in [4.69, 9.17) is 9.15 Å². The Bertz CT molecular complexity index is 1100. The molecule has 3 aromatic rings. The van der Waals surface area contributed by atoms with Gasteiger partial charge in [0.1, 0.15) is 5.58 Å². The number of carbonyl (C=O) groups excluding carboxylic acids is 3. The van der Waals surface area contributed by atoms with E-state index < -0.39 is 18.0 Å². The van der Waals surface area contributed by atoms with Gasteiger partial charge in [0.15, 0.2) is 11.9 Å². The summed E-state index contributed by atoms with van der Waals surface area (Å²) in [5.41, 5.74) is 4.57. The number of hydrogen-bond donors (Lipinski definition) is 1. The Kier molecular flexibility index (Phi) is 5.82. The molecule has 0 fully saturated rings. The van der Waals surface area contributed by atoms with Gasteiger partial charge >= 0.3 is 5.97 Å². The van der Waals surface area contributed by atoms with Crippen LogP contribution < -0.4 is 5.32 Å². The molecule has 0 aliphatic rings. The van der Waals surface area contributed by atoms with E-state index in [0.29, 0.717) is 11.3 Å². The van der Waals surface area contributed by atoms with Crippen LogP contribution in [0.3, 0.4) is 0 Å². The van der Waals surface area contributed by atoms with Crippen molar-refractivity contribution in [3.8, 4) is 0 Å². The summed E-state index contributed by atoms with van der Waals surface area (Å²) >= 11 is 0. The Hall–Kier alpha value is -3.41. The molecule has 6 nitrogen and oxygen atoms in total. The molecule has 1 N–H and O–H groups in total. The van der Waals surface area contributed by atoms with E-state index in [0.717, 1.165) is 27.7 Å². The highest BCUT2D eigenvalue weighted by Crippen LogP contribution is 2.27. The van der Waals surface area contributed by atoms with Crippen LogP contribution in [0.25, 0.3) is 11.0 Å². The van der Waals surface area contributed by atoms with Gasteiger partial charge in [-0.05, 0) is 51.0 Å². The zero-order valence-electron chi connectivity index (χ0n) is 16.9. The summed E-state index contributed by atoms with van der Waals surface area (Å²) in [6, 6.07) is 10.5. The van der Waals surface area contributed by atoms with Crippen LogP contribution >= 0.6 is 0 Å². The molecule has 0 saturated carbocycles. The molecule has 0 unspecified atom stereocenters. The third-order valence-corrected chi connectivity index (χ3v) is 4.89. The van der Waals surface area contributed by atoms with Crippen LogP contribution in [0.1, 0.15) is 40.9 Å². The van der Waals surface area contributed by atoms with Crippen LogP contribution in [0.2, 0.25) is 0 Å². The van der Waals surface area contributed by atoms with Gasteiger partial charge in [-0.15, -0.1) is 0 Å². The summed E-state index contributed by atoms with van der Waals surface area (Å²) in [7, 11) is 0. The molecular formula is C23H23NO5. The maximum atomic E-state index is 12.3. The number of ether oxygens (including phenoxy) is 1. The second-order valence-corrected chi connectivity index (χ2v) is 7.08. The van der Waals surface area contributed by atoms with Gasteiger partial charge in [0.25, 0.3) is 5.91 Å². The highest BCUT2D eigenvalue weighted by Gasteiger charge is 2.20. The fourth-order valence-electron chi connectivity index (χ4n) is 3.03. The number of benzene rings is 2. The highest BCUT2D eigenvalue weighted by atomic mass is 16.5. The average molecular weight is 393 g/mol. The van der Waals surface area contributed by atoms with E-state index in [2.05, 4.69) is 5.32 Å². The van der Waals surface area contributed by atoms with Crippen LogP contribution in [-0.4, -0.2) is 23.8 Å². The maximum Gasteiger partial charge on any atom is 0.311 e. The molecule has 6 heteroatoms. The van der Waals surface area contributed by atoms with Crippen molar-refractivity contribution in [2.45, 2.75) is 40.2 Å². The van der Waals surface area contributed by atoms with Gasteiger partial charge in [-0.1, -0.05) is 24.3 Å². The lowest BCUT2D eigenvalue weighted by Gasteiger charge is -2.13. The summed E-state index contributed by atoms with van der Waals surface area (Å²) in [5.74, 6) is -1.09. The molecule has 2 aromatic carbocycles. The predicted molar refractivity (Wildman–Crippen MR) is 110 cm³/mol. The first-order valence-corrected chi connectivity index (χ1v) is 9.34. The fraction of sp³-hybridized carbons (Fsp3) is 0.261. The van der Waals surface area contributed by atoms with Crippen LogP contribution in [0.5, 0.6) is 0 Å². The first kappa shape index (κ1) is 20.3. The van der Waals surface area contributed by atoms with E-state index in [-0.39, 0.29) is 12.2 Å². The topological polar surface area (TPSA) is 85.6 Å². The summed E-state index contributed by atoms with van der Waals surface area (Å²) in [5, 5.41) is 3.52. The van der Waals surface area contributed by atoms with Gasteiger partial charge in [0, 0.05) is 22.2 Å². The lowest BCUT2D eigenvalue weighted by atomic mass is 10.0. The van der Waals surface area contributed by atoms with Gasteiger partial charge in [-0.2, -0.15) is 0 Å². The quantitative estimate of drug-likeness (QED) is 0.497. The van der Waals surface area contributed by atoms with E-state index >= 15 is 0 Å². The summed E-state index contributed by atoms with van der Waals surface area (Å²) in [4.78, 5) is 36.1. The summed E-state index contributed by atoms with van der Waals surface area (Å²) in [6.45, 7) is 6.92. The molecule has 0 aliphatic heterocycles. The van der Waals surface area contributed by atoms with Gasteiger partial charge in [0.2, 0.25) is 0 Å². The number of furan rings is 1. The predicted octanol–water partition coefficient (Wildman–Crippen LogP) is 4.37. The van der Waals surface area contributed by atoms with Crippen molar-refractivity contribution in [3.63, 3.8) is 0 Å². The highest BCUT2D eigenvalue weighted by molar-refractivity contribution is 5.98. The molecular weight excluding hydrogens is 370 g/mol. The number of amides is 1. The number of aryl methyl sites for hydroxylation is 2. The van der Waals surface area contributed by atoms with Crippen molar-refractivity contribution in [1.29, 1.82) is 0 Å². The second kappa shape index (κ2) is 8.31. The molecule has 29 heavy (non-hydrogen) atoms. The number of hydrogen-bond acceptors (Lipinski definition) is 5. The number of nitrogens with one attached hydrogen (secondary N) is 1. The molecule has 0 saturated heterocycles. The second-order valence-electron chi connectivity index (χ2n) is 7.08. The van der Waals surface area contributed by atoms with E-state index in [1.165, 1.54) is 13.8 Å². The number of rotatable bonds is 6. The standard InChI is InChI=1S/C23H23NO5/c1-13-8-9-20-18(12-28-22(20)14(13)2)11-21(26)29-16(4)23(27)24-19-7-5-6-17(10-19)15(3)25/h5-10,12,16H,11H2,1-4H3,(H,24,27)/t16-/m1/s1. The molecule has 0 radical (unpaired) electrons. The Morgan fingerprint density at radius 1 is 1.14 bits per heavy atom. The SMILES string of the molecule is CC(=O)c1cccc(NC(=O)[C@@H](C)OC(=O)Cc2coc3c(C)c(C)ccc23)c1. The molecule has 1 heterocycles. The molecule has 0 spiro atoms. The van der Waals surface area contributed by atoms with E-state index in [9.17, 15) is 14.4 Å². The van der Waals surface area contributed by atoms with Crippen molar-refractivity contribution in [3.05, 3.63) is 64.9 Å². The monoisotopic (exact) mass is 393 g/mol. The maximum absolute atomic E-state index is 12.3. The van der Waals surface area contributed by atoms with Gasteiger partial charge in [-0.3, -0.25) is 14.4 Å². The summed E-state index contributed by atoms with van der Waals surface area (Å²) in [6.07, 6.45) is 0.578. The fourth-order valence-corrected chi connectivity index (χ4v) is 3.03. The Balaban J connectivity index is 1.63. The summed E-state index contributed by atoms with van der Waals surface area (Å²) < 4.78 is 10.9. The molecule has 3 rings (SSSR count). The van der Waals surface area contributed by atoms with Crippen molar-refractivity contribution in [2.75, 3.05) is 5.32 Å². The number of carbonyl (C=O) groups is 3. The third kappa shape index (κ3) is 4.54. The van der Waals surface area contributed by atoms with Crippen LogP contribution in [0, 0.1) is 13.8 Å². The van der Waals surface area contributed by atoms with Crippen molar-refractivity contribution in [1.82, 2.24) is 0 Å².